The fourth-order valence-corrected chi connectivity index (χ4v) is 2.86. The maximum Gasteiger partial charge on any atom is 0.213 e. The molecule has 136 valence electrons. The number of nitrogens with zero attached hydrogens (tertiary/aromatic N) is 1. The number of aromatic nitrogens is 1. The molecule has 0 aliphatic heterocycles. The topological polar surface area (TPSA) is 52.6 Å². The van der Waals surface area contributed by atoms with Gasteiger partial charge in [-0.3, -0.25) is 0 Å². The lowest BCUT2D eigenvalue weighted by molar-refractivity contribution is 0.292. The summed E-state index contributed by atoms with van der Waals surface area (Å²) in [4.78, 5) is 4.13. The van der Waals surface area contributed by atoms with Gasteiger partial charge in [-0.2, -0.15) is 0 Å². The number of hydrogen-bond acceptors (Lipinski definition) is 5. The molecule has 2 rings (SSSR count). The van der Waals surface area contributed by atoms with Crippen molar-refractivity contribution in [3.63, 3.8) is 0 Å². The summed E-state index contributed by atoms with van der Waals surface area (Å²) in [5, 5.41) is 3.41. The molecule has 0 saturated carbocycles. The molecule has 1 aromatic carbocycles. The van der Waals surface area contributed by atoms with Crippen LogP contribution in [-0.2, 0) is 6.54 Å². The third-order valence-electron chi connectivity index (χ3n) is 3.45. The van der Waals surface area contributed by atoms with Gasteiger partial charge in [-0.25, -0.2) is 4.98 Å². The fraction of sp³-hybridized carbons (Fsp3) is 0.421. The molecular weight excluding hydrogens is 384 g/mol. The number of nitrogens with one attached hydrogen (secondary N) is 1. The molecule has 0 spiro atoms. The average Bonchev–Trinajstić information content (AvgIpc) is 2.64. The molecule has 0 aliphatic carbocycles. The first-order valence-corrected chi connectivity index (χ1v) is 9.27. The van der Waals surface area contributed by atoms with Crippen LogP contribution in [0.25, 0.3) is 0 Å². The maximum absolute atomic E-state index is 5.75. The summed E-state index contributed by atoms with van der Waals surface area (Å²) < 4.78 is 17.7. The quantitative estimate of drug-likeness (QED) is 0.564. The van der Waals surface area contributed by atoms with Crippen LogP contribution in [0.1, 0.15) is 25.3 Å². The monoisotopic (exact) mass is 408 g/mol. The van der Waals surface area contributed by atoms with Crippen LogP contribution in [0.15, 0.2) is 41.0 Å². The summed E-state index contributed by atoms with van der Waals surface area (Å²) in [7, 11) is 1.66. The van der Waals surface area contributed by atoms with Gasteiger partial charge in [-0.05, 0) is 59.1 Å². The first-order chi connectivity index (χ1) is 12.2. The molecule has 0 bridgehead atoms. The van der Waals surface area contributed by atoms with Crippen molar-refractivity contribution < 1.29 is 14.2 Å². The van der Waals surface area contributed by atoms with Crippen LogP contribution in [0.3, 0.4) is 0 Å². The van der Waals surface area contributed by atoms with Crippen molar-refractivity contribution in [2.45, 2.75) is 26.3 Å². The largest absolute Gasteiger partial charge is 0.493 e. The van der Waals surface area contributed by atoms with E-state index in [9.17, 15) is 0 Å². The Kier molecular flexibility index (Phi) is 8.55. The van der Waals surface area contributed by atoms with Gasteiger partial charge in [0.2, 0.25) is 5.88 Å². The molecule has 0 unspecified atom stereocenters. The summed E-state index contributed by atoms with van der Waals surface area (Å²) >= 11 is 3.57. The number of hydrogen-bond donors (Lipinski definition) is 1. The van der Waals surface area contributed by atoms with E-state index >= 15 is 0 Å². The minimum Gasteiger partial charge on any atom is -0.493 e. The number of halogens is 1. The zero-order valence-corrected chi connectivity index (χ0v) is 16.3. The molecule has 0 aliphatic rings. The van der Waals surface area contributed by atoms with Gasteiger partial charge in [0.1, 0.15) is 0 Å². The third kappa shape index (κ3) is 6.55. The molecule has 1 N–H and O–H groups in total. The first-order valence-electron chi connectivity index (χ1n) is 8.48. The highest BCUT2D eigenvalue weighted by molar-refractivity contribution is 9.10. The van der Waals surface area contributed by atoms with Crippen molar-refractivity contribution in [1.29, 1.82) is 0 Å². The molecule has 25 heavy (non-hydrogen) atoms. The standard InChI is InChI=1S/C19H25BrN2O3/c1-3-10-25-19-16(20)12-15(13-17(19)23-2)14-21-8-6-11-24-18-7-4-5-9-22-18/h4-5,7,9,12-13,21H,3,6,8,10-11,14H2,1-2H3. The second-order valence-electron chi connectivity index (χ2n) is 5.50. The second-order valence-corrected chi connectivity index (χ2v) is 6.36. The van der Waals surface area contributed by atoms with Gasteiger partial charge in [-0.15, -0.1) is 0 Å². The van der Waals surface area contributed by atoms with E-state index in [-0.39, 0.29) is 0 Å². The Labute approximate surface area is 157 Å². The number of rotatable bonds is 11. The van der Waals surface area contributed by atoms with Crippen molar-refractivity contribution in [2.75, 3.05) is 26.9 Å². The number of pyridine rings is 1. The summed E-state index contributed by atoms with van der Waals surface area (Å²) in [5.74, 6) is 2.17. The third-order valence-corrected chi connectivity index (χ3v) is 4.04. The number of methoxy groups -OCH3 is 1. The van der Waals surface area contributed by atoms with Crippen molar-refractivity contribution in [1.82, 2.24) is 10.3 Å². The van der Waals surface area contributed by atoms with Gasteiger partial charge in [0.25, 0.3) is 0 Å². The van der Waals surface area contributed by atoms with E-state index in [1.165, 1.54) is 0 Å². The van der Waals surface area contributed by atoms with E-state index in [1.54, 1.807) is 13.3 Å². The first kappa shape index (κ1) is 19.5. The van der Waals surface area contributed by atoms with Gasteiger partial charge in [0.05, 0.1) is 24.8 Å². The van der Waals surface area contributed by atoms with Crippen molar-refractivity contribution in [2.24, 2.45) is 0 Å². The molecule has 6 heteroatoms. The smallest absolute Gasteiger partial charge is 0.213 e. The normalized spacial score (nSPS) is 10.5. The molecule has 1 heterocycles. The van der Waals surface area contributed by atoms with Gasteiger partial charge in [0, 0.05) is 18.8 Å². The van der Waals surface area contributed by atoms with Gasteiger partial charge in [-0.1, -0.05) is 13.0 Å². The summed E-state index contributed by atoms with van der Waals surface area (Å²) in [6.07, 6.45) is 3.60. The Hall–Kier alpha value is -1.79. The van der Waals surface area contributed by atoms with Crippen LogP contribution in [0.4, 0.5) is 0 Å². The number of ether oxygens (including phenoxy) is 3. The van der Waals surface area contributed by atoms with Crippen molar-refractivity contribution in [3.8, 4) is 17.4 Å². The molecule has 1 aromatic heterocycles. The van der Waals surface area contributed by atoms with E-state index in [4.69, 9.17) is 14.2 Å². The number of benzene rings is 1. The van der Waals surface area contributed by atoms with Gasteiger partial charge >= 0.3 is 0 Å². The molecule has 0 saturated heterocycles. The maximum atomic E-state index is 5.75. The van der Waals surface area contributed by atoms with E-state index in [2.05, 4.69) is 39.2 Å². The minimum atomic E-state index is 0.640. The SMILES string of the molecule is CCCOc1c(Br)cc(CNCCCOc2ccccn2)cc1OC. The predicted molar refractivity (Wildman–Crippen MR) is 103 cm³/mol. The van der Waals surface area contributed by atoms with Gasteiger partial charge < -0.3 is 19.5 Å². The molecule has 2 aromatic rings. The lowest BCUT2D eigenvalue weighted by atomic mass is 10.2. The highest BCUT2D eigenvalue weighted by Crippen LogP contribution is 2.36. The van der Waals surface area contributed by atoms with Crippen LogP contribution in [0, 0.1) is 0 Å². The van der Waals surface area contributed by atoms with Crippen LogP contribution in [0.2, 0.25) is 0 Å². The predicted octanol–water partition coefficient (Wildman–Crippen LogP) is 4.20. The lowest BCUT2D eigenvalue weighted by Crippen LogP contribution is -2.17. The van der Waals surface area contributed by atoms with Gasteiger partial charge in [0.15, 0.2) is 11.5 Å². The Morgan fingerprint density at radius 1 is 1.16 bits per heavy atom. The van der Waals surface area contributed by atoms with E-state index < -0.39 is 0 Å². The van der Waals surface area contributed by atoms with Crippen LogP contribution in [-0.4, -0.2) is 31.9 Å². The molecule has 0 atom stereocenters. The molecular formula is C19H25BrN2O3. The molecule has 5 nitrogen and oxygen atoms in total. The minimum absolute atomic E-state index is 0.640. The van der Waals surface area contributed by atoms with Crippen molar-refractivity contribution >= 4 is 15.9 Å². The average molecular weight is 409 g/mol. The fourth-order valence-electron chi connectivity index (χ4n) is 2.26. The van der Waals surface area contributed by atoms with E-state index in [1.807, 2.05) is 24.3 Å². The zero-order chi connectivity index (χ0) is 17.9. The molecule has 0 amide bonds. The Morgan fingerprint density at radius 2 is 2.04 bits per heavy atom. The Balaban J connectivity index is 1.75. The summed E-state index contributed by atoms with van der Waals surface area (Å²) in [6.45, 7) is 5.01. The van der Waals surface area contributed by atoms with E-state index in [0.717, 1.165) is 47.5 Å². The second kappa shape index (κ2) is 10.9. The van der Waals surface area contributed by atoms with Crippen LogP contribution < -0.4 is 19.5 Å². The van der Waals surface area contributed by atoms with Crippen LogP contribution >= 0.6 is 15.9 Å². The Morgan fingerprint density at radius 3 is 2.76 bits per heavy atom. The highest BCUT2D eigenvalue weighted by atomic mass is 79.9. The Bertz CT molecular complexity index is 638. The summed E-state index contributed by atoms with van der Waals surface area (Å²) in [5.41, 5.74) is 1.14. The zero-order valence-electron chi connectivity index (χ0n) is 14.8. The lowest BCUT2D eigenvalue weighted by Gasteiger charge is -2.14. The highest BCUT2D eigenvalue weighted by Gasteiger charge is 2.11. The summed E-state index contributed by atoms with van der Waals surface area (Å²) in [6, 6.07) is 9.72. The van der Waals surface area contributed by atoms with Crippen LogP contribution in [0.5, 0.6) is 17.4 Å². The molecule has 0 radical (unpaired) electrons. The van der Waals surface area contributed by atoms with E-state index in [0.29, 0.717) is 19.1 Å². The van der Waals surface area contributed by atoms with Crippen molar-refractivity contribution in [3.05, 3.63) is 46.6 Å². The molecule has 0 fully saturated rings.